The van der Waals surface area contributed by atoms with Gasteiger partial charge in [0, 0.05) is 18.7 Å². The van der Waals surface area contributed by atoms with E-state index in [2.05, 4.69) is 15.3 Å². The maximum absolute atomic E-state index is 5.51. The molecule has 0 fully saturated rings. The van der Waals surface area contributed by atoms with E-state index in [1.807, 2.05) is 26.1 Å². The highest BCUT2D eigenvalue weighted by molar-refractivity contribution is 5.67. The van der Waals surface area contributed by atoms with Gasteiger partial charge in [-0.05, 0) is 26.1 Å². The molecule has 0 unspecified atom stereocenters. The predicted octanol–water partition coefficient (Wildman–Crippen LogP) is 1.29. The number of hydrogen-bond acceptors (Lipinski definition) is 4. The average Bonchev–Trinajstić information content (AvgIpc) is 2.56. The minimum atomic E-state index is 0.705. The van der Waals surface area contributed by atoms with Crippen molar-refractivity contribution in [2.24, 2.45) is 0 Å². The summed E-state index contributed by atoms with van der Waals surface area (Å²) < 4.78 is 5.51. The SMILES string of the molecule is CNCCc1nc2nc(C)ccc2o1. The summed E-state index contributed by atoms with van der Waals surface area (Å²) in [6.07, 6.45) is 0.798. The van der Waals surface area contributed by atoms with E-state index in [9.17, 15) is 0 Å². The lowest BCUT2D eigenvalue weighted by Crippen LogP contribution is -2.10. The van der Waals surface area contributed by atoms with Gasteiger partial charge >= 0.3 is 0 Å². The minimum Gasteiger partial charge on any atom is -0.439 e. The molecule has 74 valence electrons. The number of hydrogen-bond donors (Lipinski definition) is 1. The first-order valence-corrected chi connectivity index (χ1v) is 4.67. The molecule has 0 amide bonds. The van der Waals surface area contributed by atoms with Crippen LogP contribution in [0.2, 0.25) is 0 Å². The number of likely N-dealkylation sites (N-methyl/N-ethyl adjacent to an activating group) is 1. The van der Waals surface area contributed by atoms with Crippen LogP contribution in [-0.4, -0.2) is 23.6 Å². The Balaban J connectivity index is 2.32. The second kappa shape index (κ2) is 3.75. The number of rotatable bonds is 3. The molecular weight excluding hydrogens is 178 g/mol. The van der Waals surface area contributed by atoms with Gasteiger partial charge in [-0.25, -0.2) is 4.98 Å². The Morgan fingerprint density at radius 2 is 2.21 bits per heavy atom. The molecule has 0 spiro atoms. The van der Waals surface area contributed by atoms with Crippen LogP contribution in [-0.2, 0) is 6.42 Å². The lowest BCUT2D eigenvalue weighted by molar-refractivity contribution is 0.522. The number of aromatic nitrogens is 2. The molecule has 0 aliphatic heterocycles. The van der Waals surface area contributed by atoms with Gasteiger partial charge in [-0.1, -0.05) is 0 Å². The van der Waals surface area contributed by atoms with E-state index < -0.39 is 0 Å². The van der Waals surface area contributed by atoms with Crippen LogP contribution in [0.3, 0.4) is 0 Å². The van der Waals surface area contributed by atoms with Crippen molar-refractivity contribution in [2.75, 3.05) is 13.6 Å². The molecule has 2 rings (SSSR count). The van der Waals surface area contributed by atoms with Crippen LogP contribution in [0.1, 0.15) is 11.6 Å². The molecule has 4 nitrogen and oxygen atoms in total. The Morgan fingerprint density at radius 3 is 3.00 bits per heavy atom. The smallest absolute Gasteiger partial charge is 0.199 e. The van der Waals surface area contributed by atoms with Crippen molar-refractivity contribution in [3.8, 4) is 0 Å². The highest BCUT2D eigenvalue weighted by Crippen LogP contribution is 2.13. The van der Waals surface area contributed by atoms with Gasteiger partial charge in [0.1, 0.15) is 0 Å². The normalized spacial score (nSPS) is 11.0. The van der Waals surface area contributed by atoms with Crippen molar-refractivity contribution < 1.29 is 4.42 Å². The van der Waals surface area contributed by atoms with E-state index in [0.717, 1.165) is 30.1 Å². The summed E-state index contributed by atoms with van der Waals surface area (Å²) in [6.45, 7) is 2.81. The lowest BCUT2D eigenvalue weighted by atomic mass is 10.4. The van der Waals surface area contributed by atoms with Gasteiger partial charge in [0.2, 0.25) is 0 Å². The highest BCUT2D eigenvalue weighted by atomic mass is 16.3. The molecule has 0 aliphatic rings. The fourth-order valence-electron chi connectivity index (χ4n) is 1.30. The summed E-state index contributed by atoms with van der Waals surface area (Å²) in [4.78, 5) is 8.57. The monoisotopic (exact) mass is 191 g/mol. The number of oxazole rings is 1. The number of nitrogens with zero attached hydrogens (tertiary/aromatic N) is 2. The summed E-state index contributed by atoms with van der Waals surface area (Å²) in [6, 6.07) is 3.84. The standard InChI is InChI=1S/C10H13N3O/c1-7-3-4-8-10(12-7)13-9(14-8)5-6-11-2/h3-4,11H,5-6H2,1-2H3. The average molecular weight is 191 g/mol. The van der Waals surface area contributed by atoms with Crippen molar-refractivity contribution in [2.45, 2.75) is 13.3 Å². The zero-order chi connectivity index (χ0) is 9.97. The first kappa shape index (κ1) is 9.15. The molecule has 0 saturated carbocycles. The summed E-state index contributed by atoms with van der Waals surface area (Å²) in [7, 11) is 1.91. The van der Waals surface area contributed by atoms with Gasteiger partial charge in [-0.15, -0.1) is 0 Å². The quantitative estimate of drug-likeness (QED) is 0.794. The molecule has 0 aromatic carbocycles. The number of aryl methyl sites for hydroxylation is 1. The molecule has 0 atom stereocenters. The Morgan fingerprint density at radius 1 is 1.36 bits per heavy atom. The number of fused-ring (bicyclic) bond motifs is 1. The van der Waals surface area contributed by atoms with E-state index in [1.54, 1.807) is 0 Å². The summed E-state index contributed by atoms with van der Waals surface area (Å²) >= 11 is 0. The third kappa shape index (κ3) is 1.75. The third-order valence-electron chi connectivity index (χ3n) is 2.03. The summed E-state index contributed by atoms with van der Waals surface area (Å²) in [5.41, 5.74) is 2.43. The molecule has 14 heavy (non-hydrogen) atoms. The summed E-state index contributed by atoms with van der Waals surface area (Å²) in [5.74, 6) is 0.743. The molecule has 0 aliphatic carbocycles. The Kier molecular flexibility index (Phi) is 2.45. The Hall–Kier alpha value is -1.42. The van der Waals surface area contributed by atoms with Crippen LogP contribution in [0.5, 0.6) is 0 Å². The topological polar surface area (TPSA) is 51.0 Å². The van der Waals surface area contributed by atoms with Crippen LogP contribution in [0.25, 0.3) is 11.2 Å². The van der Waals surface area contributed by atoms with Gasteiger partial charge in [0.25, 0.3) is 0 Å². The zero-order valence-corrected chi connectivity index (χ0v) is 8.37. The van der Waals surface area contributed by atoms with Crippen LogP contribution in [0.15, 0.2) is 16.5 Å². The van der Waals surface area contributed by atoms with E-state index in [-0.39, 0.29) is 0 Å². The first-order valence-electron chi connectivity index (χ1n) is 4.67. The fraction of sp³-hybridized carbons (Fsp3) is 0.400. The van der Waals surface area contributed by atoms with Gasteiger partial charge in [-0.2, -0.15) is 4.98 Å². The fourth-order valence-corrected chi connectivity index (χ4v) is 1.30. The van der Waals surface area contributed by atoms with Gasteiger partial charge in [0.15, 0.2) is 17.1 Å². The lowest BCUT2D eigenvalue weighted by Gasteiger charge is -1.91. The van der Waals surface area contributed by atoms with E-state index in [4.69, 9.17) is 4.42 Å². The molecule has 2 aromatic rings. The second-order valence-corrected chi connectivity index (χ2v) is 3.24. The molecule has 0 saturated heterocycles. The van der Waals surface area contributed by atoms with Crippen LogP contribution < -0.4 is 5.32 Å². The van der Waals surface area contributed by atoms with E-state index >= 15 is 0 Å². The summed E-state index contributed by atoms with van der Waals surface area (Å²) in [5, 5.41) is 3.05. The van der Waals surface area contributed by atoms with E-state index in [0.29, 0.717) is 5.65 Å². The number of pyridine rings is 1. The van der Waals surface area contributed by atoms with E-state index in [1.165, 1.54) is 0 Å². The van der Waals surface area contributed by atoms with Gasteiger partial charge in [0.05, 0.1) is 0 Å². The predicted molar refractivity (Wildman–Crippen MR) is 54.2 cm³/mol. The third-order valence-corrected chi connectivity index (χ3v) is 2.03. The molecule has 0 bridgehead atoms. The molecular formula is C10H13N3O. The minimum absolute atomic E-state index is 0.705. The second-order valence-electron chi connectivity index (χ2n) is 3.24. The highest BCUT2D eigenvalue weighted by Gasteiger charge is 2.05. The van der Waals surface area contributed by atoms with Crippen LogP contribution in [0, 0.1) is 6.92 Å². The Bertz CT molecular complexity index is 436. The molecule has 0 radical (unpaired) electrons. The van der Waals surface area contributed by atoms with Crippen LogP contribution >= 0.6 is 0 Å². The molecule has 2 aromatic heterocycles. The van der Waals surface area contributed by atoms with Crippen molar-refractivity contribution >= 4 is 11.2 Å². The van der Waals surface area contributed by atoms with Crippen molar-refractivity contribution in [1.29, 1.82) is 0 Å². The van der Waals surface area contributed by atoms with Crippen LogP contribution in [0.4, 0.5) is 0 Å². The van der Waals surface area contributed by atoms with Gasteiger partial charge in [-0.3, -0.25) is 0 Å². The molecule has 2 heterocycles. The largest absolute Gasteiger partial charge is 0.439 e. The van der Waals surface area contributed by atoms with Crippen molar-refractivity contribution in [3.05, 3.63) is 23.7 Å². The number of nitrogens with one attached hydrogen (secondary N) is 1. The molecule has 1 N–H and O–H groups in total. The van der Waals surface area contributed by atoms with Crippen molar-refractivity contribution in [1.82, 2.24) is 15.3 Å². The first-order chi connectivity index (χ1) is 6.79. The zero-order valence-electron chi connectivity index (χ0n) is 8.37. The Labute approximate surface area is 82.4 Å². The van der Waals surface area contributed by atoms with Crippen molar-refractivity contribution in [3.63, 3.8) is 0 Å². The maximum Gasteiger partial charge on any atom is 0.199 e. The maximum atomic E-state index is 5.51. The molecule has 4 heteroatoms. The van der Waals surface area contributed by atoms with Gasteiger partial charge < -0.3 is 9.73 Å².